The van der Waals surface area contributed by atoms with Gasteiger partial charge in [0.1, 0.15) is 11.4 Å². The van der Waals surface area contributed by atoms with Gasteiger partial charge in [0.25, 0.3) is 5.91 Å². The molecular weight excluding hydrogens is 356 g/mol. The van der Waals surface area contributed by atoms with Gasteiger partial charge in [-0.15, -0.1) is 0 Å². The highest BCUT2D eigenvalue weighted by atomic mass is 16.6. The second-order valence-electron chi connectivity index (χ2n) is 7.31. The number of carbonyl (C=O) groups excluding carboxylic acids is 2. The van der Waals surface area contributed by atoms with Gasteiger partial charge in [0.05, 0.1) is 6.61 Å². The number of nitrogens with one attached hydrogen (secondary N) is 2. The van der Waals surface area contributed by atoms with E-state index in [1.165, 1.54) is 0 Å². The third-order valence-electron chi connectivity index (χ3n) is 3.74. The fraction of sp³-hybridized carbons (Fsp3) is 0.364. The van der Waals surface area contributed by atoms with Gasteiger partial charge in [0.2, 0.25) is 0 Å². The molecule has 150 valence electrons. The molecule has 0 aliphatic carbocycles. The van der Waals surface area contributed by atoms with Gasteiger partial charge in [-0.2, -0.15) is 0 Å². The fourth-order valence-electron chi connectivity index (χ4n) is 2.42. The van der Waals surface area contributed by atoms with Crippen molar-refractivity contribution in [2.45, 2.75) is 46.4 Å². The smallest absolute Gasteiger partial charge is 0.407 e. The van der Waals surface area contributed by atoms with Crippen LogP contribution in [0.15, 0.2) is 48.5 Å². The third kappa shape index (κ3) is 7.31. The fourth-order valence-corrected chi connectivity index (χ4v) is 2.42. The molecule has 0 bridgehead atoms. The Bertz CT molecular complexity index is 778. The van der Waals surface area contributed by atoms with E-state index in [1.54, 1.807) is 24.3 Å². The minimum atomic E-state index is -0.518. The standard InChI is InChI=1S/C22H28N2O4/c1-5-27-19-12-10-18(11-13-19)20(25)23-14-16-6-8-17(9-7-16)15-24-21(26)28-22(2,3)4/h6-13H,5,14-15H2,1-4H3,(H,23,25)(H,24,26). The van der Waals surface area contributed by atoms with Crippen molar-refractivity contribution in [1.82, 2.24) is 10.6 Å². The highest BCUT2D eigenvalue weighted by Crippen LogP contribution is 2.12. The first-order valence-corrected chi connectivity index (χ1v) is 9.32. The van der Waals surface area contributed by atoms with Crippen LogP contribution < -0.4 is 15.4 Å². The highest BCUT2D eigenvalue weighted by molar-refractivity contribution is 5.94. The second-order valence-corrected chi connectivity index (χ2v) is 7.31. The van der Waals surface area contributed by atoms with Gasteiger partial charge in [0, 0.05) is 18.7 Å². The molecule has 0 heterocycles. The van der Waals surface area contributed by atoms with E-state index in [4.69, 9.17) is 9.47 Å². The van der Waals surface area contributed by atoms with E-state index in [0.29, 0.717) is 25.3 Å². The molecule has 2 amide bonds. The topological polar surface area (TPSA) is 76.7 Å². The van der Waals surface area contributed by atoms with Crippen LogP contribution in [0.3, 0.4) is 0 Å². The summed E-state index contributed by atoms with van der Waals surface area (Å²) >= 11 is 0. The molecule has 0 saturated heterocycles. The maximum atomic E-state index is 12.2. The van der Waals surface area contributed by atoms with Crippen LogP contribution in [0.5, 0.6) is 5.75 Å². The van der Waals surface area contributed by atoms with Crippen molar-refractivity contribution in [2.75, 3.05) is 6.61 Å². The van der Waals surface area contributed by atoms with Crippen LogP contribution >= 0.6 is 0 Å². The predicted octanol–water partition coefficient (Wildman–Crippen LogP) is 4.04. The molecule has 0 radical (unpaired) electrons. The summed E-state index contributed by atoms with van der Waals surface area (Å²) in [5, 5.41) is 5.61. The Morgan fingerprint density at radius 2 is 1.39 bits per heavy atom. The van der Waals surface area contributed by atoms with Gasteiger partial charge in [0.15, 0.2) is 0 Å². The lowest BCUT2D eigenvalue weighted by Gasteiger charge is -2.19. The Morgan fingerprint density at radius 1 is 0.857 bits per heavy atom. The number of amides is 2. The summed E-state index contributed by atoms with van der Waals surface area (Å²) in [6.07, 6.45) is -0.445. The van der Waals surface area contributed by atoms with Crippen molar-refractivity contribution >= 4 is 12.0 Å². The van der Waals surface area contributed by atoms with Crippen LogP contribution in [0.4, 0.5) is 4.79 Å². The molecule has 0 spiro atoms. The number of rotatable bonds is 7. The lowest BCUT2D eigenvalue weighted by molar-refractivity contribution is 0.0523. The van der Waals surface area contributed by atoms with Crippen molar-refractivity contribution in [3.05, 3.63) is 65.2 Å². The molecule has 0 atom stereocenters. The van der Waals surface area contributed by atoms with Crippen molar-refractivity contribution in [1.29, 1.82) is 0 Å². The Balaban J connectivity index is 1.80. The molecule has 2 aromatic carbocycles. The van der Waals surface area contributed by atoms with Crippen molar-refractivity contribution in [3.63, 3.8) is 0 Å². The van der Waals surface area contributed by atoms with Gasteiger partial charge in [-0.3, -0.25) is 4.79 Å². The second kappa shape index (κ2) is 9.78. The van der Waals surface area contributed by atoms with Crippen LogP contribution in [-0.4, -0.2) is 24.2 Å². The Hall–Kier alpha value is -3.02. The summed E-state index contributed by atoms with van der Waals surface area (Å²) in [6, 6.07) is 14.7. The average molecular weight is 384 g/mol. The molecule has 28 heavy (non-hydrogen) atoms. The Morgan fingerprint density at radius 3 is 1.89 bits per heavy atom. The molecule has 0 aromatic heterocycles. The quantitative estimate of drug-likeness (QED) is 0.755. The number of alkyl carbamates (subject to hydrolysis) is 1. The largest absolute Gasteiger partial charge is 0.494 e. The maximum absolute atomic E-state index is 12.2. The molecule has 2 aromatic rings. The number of ether oxygens (including phenoxy) is 2. The van der Waals surface area contributed by atoms with Crippen LogP contribution in [0.25, 0.3) is 0 Å². The van der Waals surface area contributed by atoms with Gasteiger partial charge >= 0.3 is 6.09 Å². The average Bonchev–Trinajstić information content (AvgIpc) is 2.65. The third-order valence-corrected chi connectivity index (χ3v) is 3.74. The minimum Gasteiger partial charge on any atom is -0.494 e. The number of carbonyl (C=O) groups is 2. The SMILES string of the molecule is CCOc1ccc(C(=O)NCc2ccc(CNC(=O)OC(C)(C)C)cc2)cc1. The van der Waals surface area contributed by atoms with Crippen molar-refractivity contribution < 1.29 is 19.1 Å². The Kier molecular flexibility index (Phi) is 7.44. The van der Waals surface area contributed by atoms with E-state index in [-0.39, 0.29) is 5.91 Å². The number of hydrogen-bond donors (Lipinski definition) is 2. The van der Waals surface area contributed by atoms with Crippen LogP contribution in [0.1, 0.15) is 49.2 Å². The lowest BCUT2D eigenvalue weighted by atomic mass is 10.1. The molecule has 2 N–H and O–H groups in total. The minimum absolute atomic E-state index is 0.140. The summed E-state index contributed by atoms with van der Waals surface area (Å²) in [4.78, 5) is 23.9. The zero-order chi connectivity index (χ0) is 20.6. The van der Waals surface area contributed by atoms with Gasteiger partial charge in [-0.1, -0.05) is 24.3 Å². The van der Waals surface area contributed by atoms with E-state index in [0.717, 1.165) is 16.9 Å². The molecule has 2 rings (SSSR count). The van der Waals surface area contributed by atoms with E-state index >= 15 is 0 Å². The van der Waals surface area contributed by atoms with Crippen LogP contribution in [0.2, 0.25) is 0 Å². The van der Waals surface area contributed by atoms with Crippen molar-refractivity contribution in [2.24, 2.45) is 0 Å². The summed E-state index contributed by atoms with van der Waals surface area (Å²) in [5.74, 6) is 0.605. The van der Waals surface area contributed by atoms with Crippen molar-refractivity contribution in [3.8, 4) is 5.75 Å². The predicted molar refractivity (Wildman–Crippen MR) is 108 cm³/mol. The molecule has 6 heteroatoms. The summed E-state index contributed by atoms with van der Waals surface area (Å²) in [5.41, 5.74) is 1.99. The summed E-state index contributed by atoms with van der Waals surface area (Å²) in [6.45, 7) is 8.78. The van der Waals surface area contributed by atoms with E-state index in [9.17, 15) is 9.59 Å². The van der Waals surface area contributed by atoms with E-state index < -0.39 is 11.7 Å². The molecule has 6 nitrogen and oxygen atoms in total. The molecule has 0 saturated carbocycles. The maximum Gasteiger partial charge on any atom is 0.407 e. The first kappa shape index (κ1) is 21.3. The molecule has 0 unspecified atom stereocenters. The summed E-state index contributed by atoms with van der Waals surface area (Å²) < 4.78 is 10.6. The van der Waals surface area contributed by atoms with Gasteiger partial charge < -0.3 is 20.1 Å². The zero-order valence-electron chi connectivity index (χ0n) is 16.9. The zero-order valence-corrected chi connectivity index (χ0v) is 16.9. The molecule has 0 aliphatic rings. The first-order chi connectivity index (χ1) is 13.3. The van der Waals surface area contributed by atoms with Crippen LogP contribution in [-0.2, 0) is 17.8 Å². The van der Waals surface area contributed by atoms with E-state index in [2.05, 4.69) is 10.6 Å². The number of benzene rings is 2. The monoisotopic (exact) mass is 384 g/mol. The first-order valence-electron chi connectivity index (χ1n) is 9.32. The normalized spacial score (nSPS) is 10.9. The molecular formula is C22H28N2O4. The number of hydrogen-bond acceptors (Lipinski definition) is 4. The molecule has 0 fully saturated rings. The highest BCUT2D eigenvalue weighted by Gasteiger charge is 2.15. The Labute approximate surface area is 166 Å². The summed E-state index contributed by atoms with van der Waals surface area (Å²) in [7, 11) is 0. The van der Waals surface area contributed by atoms with Gasteiger partial charge in [-0.25, -0.2) is 4.79 Å². The molecule has 0 aliphatic heterocycles. The van der Waals surface area contributed by atoms with E-state index in [1.807, 2.05) is 52.0 Å². The van der Waals surface area contributed by atoms with Crippen LogP contribution in [0, 0.1) is 0 Å². The van der Waals surface area contributed by atoms with Gasteiger partial charge in [-0.05, 0) is 63.1 Å². The lowest BCUT2D eigenvalue weighted by Crippen LogP contribution is -2.32.